The van der Waals surface area contributed by atoms with E-state index in [9.17, 15) is 9.59 Å². The molecule has 25 heavy (non-hydrogen) atoms. The monoisotopic (exact) mass is 341 g/mol. The van der Waals surface area contributed by atoms with Crippen LogP contribution in [0.4, 0.5) is 0 Å². The lowest BCUT2D eigenvalue weighted by molar-refractivity contribution is -0.117. The van der Waals surface area contributed by atoms with E-state index in [2.05, 4.69) is 24.1 Å². The minimum absolute atomic E-state index is 0.230. The molecule has 1 aliphatic rings. The van der Waals surface area contributed by atoms with Gasteiger partial charge in [-0.3, -0.25) is 9.59 Å². The number of hydrogen-bond acceptors (Lipinski definition) is 3. The van der Waals surface area contributed by atoms with Gasteiger partial charge in [0, 0.05) is 36.2 Å². The lowest BCUT2D eigenvalue weighted by atomic mass is 10.1. The Balaban J connectivity index is 1.67. The molecule has 0 unspecified atom stereocenters. The summed E-state index contributed by atoms with van der Waals surface area (Å²) in [7, 11) is 0. The third kappa shape index (κ3) is 3.93. The Morgan fingerprint density at radius 2 is 1.84 bits per heavy atom. The normalized spacial score (nSPS) is 15.6. The highest BCUT2D eigenvalue weighted by Gasteiger charge is 2.22. The number of nitrogens with zero attached hydrogens (tertiary/aromatic N) is 2. The summed E-state index contributed by atoms with van der Waals surface area (Å²) in [5.74, 6) is -0.960. The molecule has 3 rings (SSSR count). The molecule has 1 aromatic heterocycles. The quantitative estimate of drug-likeness (QED) is 0.649. The highest BCUT2D eigenvalue weighted by molar-refractivity contribution is 6.45. The number of likely N-dealkylation sites (tertiary alicyclic amines) is 1. The second-order valence-electron chi connectivity index (χ2n) is 7.05. The fourth-order valence-corrected chi connectivity index (χ4v) is 3.53. The lowest BCUT2D eigenvalue weighted by Crippen LogP contribution is -2.39. The van der Waals surface area contributed by atoms with Gasteiger partial charge in [0.15, 0.2) is 0 Å². The first-order valence-electron chi connectivity index (χ1n) is 9.22. The molecule has 5 nitrogen and oxygen atoms in total. The number of aromatic nitrogens is 1. The standard InChI is InChI=1S/C20H27N3O2/c1-15(2)23-14-17(16-8-4-5-9-18(16)23)19(24)20(25)21-10-13-22-11-6-3-7-12-22/h4-5,8-9,14-15H,3,6-7,10-13H2,1-2H3,(H,21,25). The summed E-state index contributed by atoms with van der Waals surface area (Å²) >= 11 is 0. The molecule has 1 N–H and O–H groups in total. The number of nitrogens with one attached hydrogen (secondary N) is 1. The molecule has 1 fully saturated rings. The smallest absolute Gasteiger partial charge is 0.292 e. The molecule has 1 aliphatic heterocycles. The van der Waals surface area contributed by atoms with E-state index in [0.29, 0.717) is 12.1 Å². The molecular weight excluding hydrogens is 314 g/mol. The van der Waals surface area contributed by atoms with Gasteiger partial charge in [0.05, 0.1) is 5.56 Å². The zero-order chi connectivity index (χ0) is 17.8. The maximum Gasteiger partial charge on any atom is 0.292 e. The number of fused-ring (bicyclic) bond motifs is 1. The minimum atomic E-state index is -0.510. The van der Waals surface area contributed by atoms with Gasteiger partial charge >= 0.3 is 0 Å². The molecule has 2 heterocycles. The summed E-state index contributed by atoms with van der Waals surface area (Å²) in [6, 6.07) is 7.98. The molecule has 2 aromatic rings. The molecule has 1 amide bonds. The van der Waals surface area contributed by atoms with Gasteiger partial charge in [0.1, 0.15) is 0 Å². The fourth-order valence-electron chi connectivity index (χ4n) is 3.53. The van der Waals surface area contributed by atoms with Crippen molar-refractivity contribution in [2.75, 3.05) is 26.2 Å². The summed E-state index contributed by atoms with van der Waals surface area (Å²) in [4.78, 5) is 27.3. The van der Waals surface area contributed by atoms with Gasteiger partial charge in [-0.2, -0.15) is 0 Å². The van der Waals surface area contributed by atoms with Crippen molar-refractivity contribution in [3.8, 4) is 0 Å². The number of amides is 1. The van der Waals surface area contributed by atoms with Crippen molar-refractivity contribution in [2.24, 2.45) is 0 Å². The van der Waals surface area contributed by atoms with Gasteiger partial charge in [-0.25, -0.2) is 0 Å². The topological polar surface area (TPSA) is 54.3 Å². The molecular formula is C20H27N3O2. The maximum atomic E-state index is 12.6. The van der Waals surface area contributed by atoms with E-state index in [1.807, 2.05) is 35.0 Å². The molecule has 134 valence electrons. The number of carbonyl (C=O) groups excluding carboxylic acids is 2. The van der Waals surface area contributed by atoms with Crippen molar-refractivity contribution in [1.29, 1.82) is 0 Å². The third-order valence-electron chi connectivity index (χ3n) is 4.91. The predicted molar refractivity (Wildman–Crippen MR) is 100.0 cm³/mol. The zero-order valence-electron chi connectivity index (χ0n) is 15.1. The molecule has 5 heteroatoms. The van der Waals surface area contributed by atoms with E-state index in [4.69, 9.17) is 0 Å². The Bertz CT molecular complexity index is 757. The van der Waals surface area contributed by atoms with Crippen molar-refractivity contribution in [3.63, 3.8) is 0 Å². The number of carbonyl (C=O) groups is 2. The summed E-state index contributed by atoms with van der Waals surface area (Å²) in [5.41, 5.74) is 1.47. The van der Waals surface area contributed by atoms with Crippen LogP contribution in [0.1, 0.15) is 49.5 Å². The SMILES string of the molecule is CC(C)n1cc(C(=O)C(=O)NCCN2CCCCC2)c2ccccc21. The van der Waals surface area contributed by atoms with Crippen LogP contribution in [0.25, 0.3) is 10.9 Å². The molecule has 1 aromatic carbocycles. The Kier molecular flexibility index (Phi) is 5.53. The maximum absolute atomic E-state index is 12.6. The number of Topliss-reactive ketones (excluding diaryl/α,β-unsaturated/α-hetero) is 1. The zero-order valence-corrected chi connectivity index (χ0v) is 15.1. The van der Waals surface area contributed by atoms with Crippen LogP contribution in [0, 0.1) is 0 Å². The lowest BCUT2D eigenvalue weighted by Gasteiger charge is -2.26. The molecule has 0 radical (unpaired) electrons. The van der Waals surface area contributed by atoms with Crippen LogP contribution >= 0.6 is 0 Å². The van der Waals surface area contributed by atoms with Crippen molar-refractivity contribution in [3.05, 3.63) is 36.0 Å². The average Bonchev–Trinajstić information content (AvgIpc) is 3.02. The van der Waals surface area contributed by atoms with Crippen LogP contribution in [0.5, 0.6) is 0 Å². The first-order valence-corrected chi connectivity index (χ1v) is 9.22. The molecule has 0 saturated carbocycles. The number of ketones is 1. The highest BCUT2D eigenvalue weighted by atomic mass is 16.2. The molecule has 0 atom stereocenters. The largest absolute Gasteiger partial charge is 0.348 e. The van der Waals surface area contributed by atoms with Crippen LogP contribution in [0.2, 0.25) is 0 Å². The summed E-state index contributed by atoms with van der Waals surface area (Å²) < 4.78 is 2.05. The van der Waals surface area contributed by atoms with Gasteiger partial charge in [0.25, 0.3) is 11.7 Å². The summed E-state index contributed by atoms with van der Waals surface area (Å²) in [5, 5.41) is 3.63. The number of piperidine rings is 1. The second-order valence-corrected chi connectivity index (χ2v) is 7.05. The number of para-hydroxylation sites is 1. The van der Waals surface area contributed by atoms with Gasteiger partial charge in [0.2, 0.25) is 0 Å². The highest BCUT2D eigenvalue weighted by Crippen LogP contribution is 2.25. The van der Waals surface area contributed by atoms with E-state index < -0.39 is 11.7 Å². The van der Waals surface area contributed by atoms with Crippen molar-refractivity contribution in [1.82, 2.24) is 14.8 Å². The fraction of sp³-hybridized carbons (Fsp3) is 0.500. The minimum Gasteiger partial charge on any atom is -0.348 e. The van der Waals surface area contributed by atoms with Crippen LogP contribution in [-0.2, 0) is 4.79 Å². The molecule has 0 spiro atoms. The van der Waals surface area contributed by atoms with Crippen molar-refractivity contribution >= 4 is 22.6 Å². The summed E-state index contributed by atoms with van der Waals surface area (Å²) in [6.45, 7) is 7.65. The number of benzene rings is 1. The number of rotatable bonds is 6. The predicted octanol–water partition coefficient (Wildman–Crippen LogP) is 3.01. The second kappa shape index (κ2) is 7.83. The van der Waals surface area contributed by atoms with Gasteiger partial charge in [-0.1, -0.05) is 24.6 Å². The summed E-state index contributed by atoms with van der Waals surface area (Å²) in [6.07, 6.45) is 5.55. The Labute approximate surface area is 149 Å². The first-order chi connectivity index (χ1) is 12.1. The molecule has 1 saturated heterocycles. The molecule has 0 bridgehead atoms. The van der Waals surface area contributed by atoms with E-state index in [1.165, 1.54) is 19.3 Å². The average molecular weight is 341 g/mol. The van der Waals surface area contributed by atoms with E-state index >= 15 is 0 Å². The van der Waals surface area contributed by atoms with E-state index in [-0.39, 0.29) is 6.04 Å². The molecule has 0 aliphatic carbocycles. The Hall–Kier alpha value is -2.14. The van der Waals surface area contributed by atoms with Gasteiger partial charge in [-0.05, 0) is 45.8 Å². The Morgan fingerprint density at radius 1 is 1.12 bits per heavy atom. The van der Waals surface area contributed by atoms with Crippen LogP contribution in [-0.4, -0.2) is 47.3 Å². The van der Waals surface area contributed by atoms with E-state index in [0.717, 1.165) is 30.5 Å². The Morgan fingerprint density at radius 3 is 2.56 bits per heavy atom. The van der Waals surface area contributed by atoms with Crippen molar-refractivity contribution in [2.45, 2.75) is 39.2 Å². The first kappa shape index (κ1) is 17.7. The van der Waals surface area contributed by atoms with Crippen LogP contribution < -0.4 is 5.32 Å². The van der Waals surface area contributed by atoms with Crippen LogP contribution in [0.3, 0.4) is 0 Å². The van der Waals surface area contributed by atoms with Gasteiger partial charge < -0.3 is 14.8 Å². The third-order valence-corrected chi connectivity index (χ3v) is 4.91. The van der Waals surface area contributed by atoms with Crippen molar-refractivity contribution < 1.29 is 9.59 Å². The van der Waals surface area contributed by atoms with Crippen LogP contribution in [0.15, 0.2) is 30.5 Å². The number of hydrogen-bond donors (Lipinski definition) is 1. The van der Waals surface area contributed by atoms with E-state index in [1.54, 1.807) is 0 Å². The van der Waals surface area contributed by atoms with Gasteiger partial charge in [-0.15, -0.1) is 0 Å².